The Morgan fingerprint density at radius 2 is 2.28 bits per heavy atom. The minimum Gasteiger partial charge on any atom is -0.352 e. The maximum atomic E-state index is 11.2. The third-order valence-electron chi connectivity index (χ3n) is 2.37. The molecule has 0 aromatic heterocycles. The summed E-state index contributed by atoms with van der Waals surface area (Å²) < 4.78 is 0. The van der Waals surface area contributed by atoms with Crippen LogP contribution >= 0.6 is 0 Å². The molecule has 18 heavy (non-hydrogen) atoms. The van der Waals surface area contributed by atoms with Gasteiger partial charge in [0.15, 0.2) is 0 Å². The summed E-state index contributed by atoms with van der Waals surface area (Å²) in [6.45, 7) is 5.61. The van der Waals surface area contributed by atoms with Crippen LogP contribution in [0, 0.1) is 16.2 Å². The zero-order valence-corrected chi connectivity index (χ0v) is 10.1. The summed E-state index contributed by atoms with van der Waals surface area (Å²) in [6, 6.07) is 6.72. The fourth-order valence-corrected chi connectivity index (χ4v) is 1.38. The highest BCUT2D eigenvalue weighted by Gasteiger charge is 2.05. The van der Waals surface area contributed by atoms with E-state index in [2.05, 4.69) is 17.1 Å². The molecule has 1 aromatic carbocycles. The van der Waals surface area contributed by atoms with Crippen LogP contribution in [-0.4, -0.2) is 12.5 Å². The Balaban J connectivity index is 2.64. The lowest BCUT2D eigenvalue weighted by Crippen LogP contribution is -2.25. The number of nitrogens with zero attached hydrogens (tertiary/aromatic N) is 2. The average Bonchev–Trinajstić information content (AvgIpc) is 2.38. The number of rotatable bonds is 5. The van der Waals surface area contributed by atoms with Crippen LogP contribution in [0.2, 0.25) is 0 Å². The van der Waals surface area contributed by atoms with Crippen LogP contribution in [-0.2, 0) is 11.2 Å². The molecular formula is C13H13N3O2. The molecule has 92 valence electrons. The lowest BCUT2D eigenvalue weighted by molar-refractivity contribution is -0.117. The molecular weight excluding hydrogens is 230 g/mol. The second-order valence-electron chi connectivity index (χ2n) is 3.84. The van der Waals surface area contributed by atoms with Crippen molar-refractivity contribution in [2.24, 2.45) is 5.18 Å². The smallest absolute Gasteiger partial charge is 0.246 e. The zero-order chi connectivity index (χ0) is 13.5. The predicted octanol–water partition coefficient (Wildman–Crippen LogP) is 2.19. The van der Waals surface area contributed by atoms with E-state index in [-0.39, 0.29) is 17.2 Å². The standard InChI is InChI=1S/C13H13N3O2/c1-9(2)13(17)15-6-5-10-3-4-12(16-18)11(7-10)8-14/h3-4,7H,1,5-6H2,2H3,(H,15,17). The number of hydrogen-bond acceptors (Lipinski definition) is 4. The highest BCUT2D eigenvalue weighted by Crippen LogP contribution is 2.19. The van der Waals surface area contributed by atoms with Crippen LogP contribution in [0.15, 0.2) is 35.5 Å². The minimum absolute atomic E-state index is 0.132. The highest BCUT2D eigenvalue weighted by molar-refractivity contribution is 5.92. The van der Waals surface area contributed by atoms with Crippen LogP contribution in [0.1, 0.15) is 18.1 Å². The first-order chi connectivity index (χ1) is 8.58. The number of amides is 1. The van der Waals surface area contributed by atoms with Crippen LogP contribution in [0.25, 0.3) is 0 Å². The summed E-state index contributed by atoms with van der Waals surface area (Å²) in [5, 5.41) is 14.3. The van der Waals surface area contributed by atoms with Crippen molar-refractivity contribution in [2.45, 2.75) is 13.3 Å². The molecule has 0 heterocycles. The van der Waals surface area contributed by atoms with E-state index in [9.17, 15) is 9.70 Å². The second kappa shape index (κ2) is 6.30. The SMILES string of the molecule is C=C(C)C(=O)NCCc1ccc(N=O)c(C#N)c1. The van der Waals surface area contributed by atoms with Gasteiger partial charge in [-0.15, -0.1) is 4.91 Å². The molecule has 0 bridgehead atoms. The van der Waals surface area contributed by atoms with Gasteiger partial charge in [0.1, 0.15) is 11.8 Å². The molecule has 0 aliphatic carbocycles. The molecule has 0 unspecified atom stereocenters. The van der Waals surface area contributed by atoms with Gasteiger partial charge in [-0.05, 0) is 36.2 Å². The quantitative estimate of drug-likeness (QED) is 0.635. The van der Waals surface area contributed by atoms with E-state index in [4.69, 9.17) is 5.26 Å². The van der Waals surface area contributed by atoms with E-state index >= 15 is 0 Å². The summed E-state index contributed by atoms with van der Waals surface area (Å²) in [4.78, 5) is 21.6. The van der Waals surface area contributed by atoms with Crippen molar-refractivity contribution in [3.05, 3.63) is 46.4 Å². The number of nitrogens with one attached hydrogen (secondary N) is 1. The van der Waals surface area contributed by atoms with Crippen molar-refractivity contribution >= 4 is 11.6 Å². The van der Waals surface area contributed by atoms with Crippen molar-refractivity contribution in [2.75, 3.05) is 6.54 Å². The van der Waals surface area contributed by atoms with Gasteiger partial charge in [-0.1, -0.05) is 12.6 Å². The maximum Gasteiger partial charge on any atom is 0.246 e. The zero-order valence-electron chi connectivity index (χ0n) is 10.1. The summed E-state index contributed by atoms with van der Waals surface area (Å²) in [5.74, 6) is -0.193. The Morgan fingerprint density at radius 1 is 1.56 bits per heavy atom. The Bertz CT molecular complexity index is 530. The molecule has 0 saturated carbocycles. The van der Waals surface area contributed by atoms with Gasteiger partial charge in [0, 0.05) is 12.1 Å². The molecule has 0 spiro atoms. The molecule has 5 heteroatoms. The third kappa shape index (κ3) is 3.52. The fraction of sp³-hybridized carbons (Fsp3) is 0.231. The Kier molecular flexibility index (Phi) is 4.76. The third-order valence-corrected chi connectivity index (χ3v) is 2.37. The normalized spacial score (nSPS) is 9.33. The van der Waals surface area contributed by atoms with E-state index in [1.807, 2.05) is 6.07 Å². The van der Waals surface area contributed by atoms with E-state index < -0.39 is 0 Å². The maximum absolute atomic E-state index is 11.2. The van der Waals surface area contributed by atoms with Gasteiger partial charge in [-0.2, -0.15) is 5.26 Å². The largest absolute Gasteiger partial charge is 0.352 e. The average molecular weight is 243 g/mol. The van der Waals surface area contributed by atoms with Crippen molar-refractivity contribution in [1.29, 1.82) is 5.26 Å². The summed E-state index contributed by atoms with van der Waals surface area (Å²) in [7, 11) is 0. The molecule has 1 rings (SSSR count). The van der Waals surface area contributed by atoms with Crippen molar-refractivity contribution < 1.29 is 4.79 Å². The molecule has 0 atom stereocenters. The molecule has 0 aliphatic heterocycles. The summed E-state index contributed by atoms with van der Waals surface area (Å²) in [5.41, 5.74) is 1.69. The van der Waals surface area contributed by atoms with E-state index in [0.717, 1.165) is 5.56 Å². The molecule has 0 saturated heterocycles. The van der Waals surface area contributed by atoms with Gasteiger partial charge in [-0.3, -0.25) is 4.79 Å². The Morgan fingerprint density at radius 3 is 2.83 bits per heavy atom. The second-order valence-corrected chi connectivity index (χ2v) is 3.84. The minimum atomic E-state index is -0.193. The molecule has 1 amide bonds. The number of hydrogen-bond donors (Lipinski definition) is 1. The Labute approximate surface area is 105 Å². The van der Waals surface area contributed by atoms with E-state index in [0.29, 0.717) is 18.5 Å². The van der Waals surface area contributed by atoms with Gasteiger partial charge >= 0.3 is 0 Å². The van der Waals surface area contributed by atoms with Crippen LogP contribution < -0.4 is 5.32 Å². The van der Waals surface area contributed by atoms with Crippen LogP contribution in [0.4, 0.5) is 5.69 Å². The number of nitriles is 1. The molecule has 1 N–H and O–H groups in total. The predicted molar refractivity (Wildman–Crippen MR) is 68.1 cm³/mol. The van der Waals surface area contributed by atoms with Gasteiger partial charge in [0.25, 0.3) is 0 Å². The summed E-state index contributed by atoms with van der Waals surface area (Å²) in [6.07, 6.45) is 0.576. The molecule has 0 radical (unpaired) electrons. The highest BCUT2D eigenvalue weighted by atomic mass is 16.3. The molecule has 0 aliphatic rings. The van der Waals surface area contributed by atoms with E-state index in [1.54, 1.807) is 19.1 Å². The first kappa shape index (κ1) is 13.6. The lowest BCUT2D eigenvalue weighted by atomic mass is 10.1. The number of carbonyl (C=O) groups is 1. The van der Waals surface area contributed by atoms with Gasteiger partial charge in [0.05, 0.1) is 5.56 Å². The molecule has 0 fully saturated rings. The van der Waals surface area contributed by atoms with Crippen molar-refractivity contribution in [1.82, 2.24) is 5.32 Å². The lowest BCUT2D eigenvalue weighted by Gasteiger charge is -2.05. The molecule has 5 nitrogen and oxygen atoms in total. The molecule has 1 aromatic rings. The van der Waals surface area contributed by atoms with Gasteiger partial charge < -0.3 is 5.32 Å². The van der Waals surface area contributed by atoms with Crippen molar-refractivity contribution in [3.8, 4) is 6.07 Å². The summed E-state index contributed by atoms with van der Waals surface area (Å²) >= 11 is 0. The first-order valence-electron chi connectivity index (χ1n) is 5.38. The monoisotopic (exact) mass is 243 g/mol. The van der Waals surface area contributed by atoms with Crippen LogP contribution in [0.3, 0.4) is 0 Å². The van der Waals surface area contributed by atoms with Crippen LogP contribution in [0.5, 0.6) is 0 Å². The Hall–Kier alpha value is -2.48. The van der Waals surface area contributed by atoms with Gasteiger partial charge in [-0.25, -0.2) is 0 Å². The number of carbonyl (C=O) groups excluding carboxylic acids is 1. The fourth-order valence-electron chi connectivity index (χ4n) is 1.38. The number of nitroso groups, excluding NO2 is 1. The van der Waals surface area contributed by atoms with E-state index in [1.165, 1.54) is 6.07 Å². The first-order valence-corrected chi connectivity index (χ1v) is 5.38. The van der Waals surface area contributed by atoms with Crippen molar-refractivity contribution in [3.63, 3.8) is 0 Å². The van der Waals surface area contributed by atoms with Gasteiger partial charge in [0.2, 0.25) is 5.91 Å². The topological polar surface area (TPSA) is 82.3 Å². The number of benzene rings is 1.